The molecule has 2 aromatic rings. The van der Waals surface area contributed by atoms with E-state index in [9.17, 15) is 0 Å². The number of nitrogens with zero attached hydrogens (tertiary/aromatic N) is 3. The van der Waals surface area contributed by atoms with E-state index in [1.807, 2.05) is 6.20 Å². The van der Waals surface area contributed by atoms with Crippen LogP contribution in [0, 0.1) is 0 Å². The highest BCUT2D eigenvalue weighted by atomic mass is 15.2. The van der Waals surface area contributed by atoms with Crippen LogP contribution in [0.5, 0.6) is 0 Å². The smallest absolute Gasteiger partial charge is 0.106 e. The molecule has 2 aliphatic rings. The van der Waals surface area contributed by atoms with Gasteiger partial charge in [0.05, 0.1) is 0 Å². The highest BCUT2D eigenvalue weighted by Crippen LogP contribution is 2.26. The van der Waals surface area contributed by atoms with Crippen LogP contribution < -0.4 is 0 Å². The Hall–Kier alpha value is -1.65. The van der Waals surface area contributed by atoms with Crippen molar-refractivity contribution in [3.8, 4) is 0 Å². The first-order chi connectivity index (χ1) is 12.8. The molecule has 1 saturated heterocycles. The van der Waals surface area contributed by atoms with Crippen LogP contribution in [0.4, 0.5) is 0 Å². The maximum Gasteiger partial charge on any atom is 0.106 e. The molecule has 0 unspecified atom stereocenters. The van der Waals surface area contributed by atoms with Crippen molar-refractivity contribution in [2.75, 3.05) is 26.2 Å². The minimum Gasteiger partial charge on any atom is -0.345 e. The molecule has 1 aliphatic heterocycles. The van der Waals surface area contributed by atoms with Crippen LogP contribution in [-0.4, -0.2) is 52.0 Å². The lowest BCUT2D eigenvalue weighted by Crippen LogP contribution is -2.38. The number of rotatable bonds is 6. The fraction of sp³-hybridized carbons (Fsp3) is 0.591. The van der Waals surface area contributed by atoms with Crippen molar-refractivity contribution in [1.82, 2.24) is 19.8 Å². The lowest BCUT2D eigenvalue weighted by Gasteiger charge is -2.27. The number of hydrogen-bond donors (Lipinski definition) is 1. The molecule has 1 aromatic heterocycles. The Kier molecular flexibility index (Phi) is 5.71. The number of imidazole rings is 1. The molecule has 26 heavy (non-hydrogen) atoms. The summed E-state index contributed by atoms with van der Waals surface area (Å²) in [4.78, 5) is 13.4. The quantitative estimate of drug-likeness (QED) is 0.865. The third-order valence-electron chi connectivity index (χ3n) is 6.01. The zero-order valence-electron chi connectivity index (χ0n) is 16.1. The summed E-state index contributed by atoms with van der Waals surface area (Å²) in [7, 11) is 0. The predicted molar refractivity (Wildman–Crippen MR) is 106 cm³/mol. The van der Waals surface area contributed by atoms with Gasteiger partial charge in [0, 0.05) is 44.0 Å². The van der Waals surface area contributed by atoms with Gasteiger partial charge in [-0.15, -0.1) is 0 Å². The summed E-state index contributed by atoms with van der Waals surface area (Å²) in [5, 5.41) is 0. The van der Waals surface area contributed by atoms with E-state index in [0.717, 1.165) is 25.3 Å². The number of aromatic nitrogens is 2. The van der Waals surface area contributed by atoms with Crippen LogP contribution in [-0.2, 0) is 25.8 Å². The molecule has 0 saturated carbocycles. The van der Waals surface area contributed by atoms with Crippen LogP contribution >= 0.6 is 0 Å². The van der Waals surface area contributed by atoms with E-state index >= 15 is 0 Å². The predicted octanol–water partition coefficient (Wildman–Crippen LogP) is 3.43. The van der Waals surface area contributed by atoms with Gasteiger partial charge >= 0.3 is 0 Å². The molecule has 0 bridgehead atoms. The Labute approximate surface area is 157 Å². The van der Waals surface area contributed by atoms with E-state index < -0.39 is 0 Å². The monoisotopic (exact) mass is 352 g/mol. The minimum atomic E-state index is 0.708. The summed E-state index contributed by atoms with van der Waals surface area (Å²) in [5.41, 5.74) is 4.41. The van der Waals surface area contributed by atoms with E-state index in [-0.39, 0.29) is 0 Å². The number of aromatic amines is 1. The summed E-state index contributed by atoms with van der Waals surface area (Å²) in [5.74, 6) is 1.15. The summed E-state index contributed by atoms with van der Waals surface area (Å²) in [6.07, 6.45) is 9.30. The van der Waals surface area contributed by atoms with Gasteiger partial charge in [-0.3, -0.25) is 9.80 Å². The van der Waals surface area contributed by atoms with Crippen LogP contribution in [0.25, 0.3) is 0 Å². The second kappa shape index (κ2) is 8.36. The van der Waals surface area contributed by atoms with E-state index in [1.165, 1.54) is 57.4 Å². The van der Waals surface area contributed by atoms with E-state index in [1.54, 1.807) is 11.1 Å². The van der Waals surface area contributed by atoms with Gasteiger partial charge in [-0.25, -0.2) is 4.98 Å². The Morgan fingerprint density at radius 2 is 1.88 bits per heavy atom. The fourth-order valence-corrected chi connectivity index (χ4v) is 4.51. The van der Waals surface area contributed by atoms with Crippen molar-refractivity contribution < 1.29 is 0 Å². The third-order valence-corrected chi connectivity index (χ3v) is 6.01. The van der Waals surface area contributed by atoms with Gasteiger partial charge in [0.15, 0.2) is 0 Å². The Bertz CT molecular complexity index is 683. The second-order valence-electron chi connectivity index (χ2n) is 7.96. The molecule has 2 heterocycles. The van der Waals surface area contributed by atoms with Crippen molar-refractivity contribution in [1.29, 1.82) is 0 Å². The minimum absolute atomic E-state index is 0.708. The Morgan fingerprint density at radius 1 is 1.08 bits per heavy atom. The number of unbranched alkanes of at least 4 members (excludes halogenated alkanes) is 1. The molecule has 0 radical (unpaired) electrons. The van der Waals surface area contributed by atoms with Crippen molar-refractivity contribution >= 4 is 0 Å². The maximum atomic E-state index is 4.55. The second-order valence-corrected chi connectivity index (χ2v) is 7.96. The van der Waals surface area contributed by atoms with Crippen molar-refractivity contribution in [3.63, 3.8) is 0 Å². The lowest BCUT2D eigenvalue weighted by atomic mass is 10.1. The van der Waals surface area contributed by atoms with Crippen LogP contribution in [0.3, 0.4) is 0 Å². The van der Waals surface area contributed by atoms with Gasteiger partial charge < -0.3 is 4.98 Å². The third kappa shape index (κ3) is 4.18. The summed E-state index contributed by atoms with van der Waals surface area (Å²) in [6.45, 7) is 8.03. The molecule has 4 rings (SSSR count). The normalized spacial score (nSPS) is 19.6. The number of hydrogen-bond acceptors (Lipinski definition) is 3. The Balaban J connectivity index is 1.29. The zero-order valence-corrected chi connectivity index (χ0v) is 16.1. The molecule has 1 N–H and O–H groups in total. The number of aryl methyl sites for hydroxylation is 1. The van der Waals surface area contributed by atoms with Gasteiger partial charge in [-0.2, -0.15) is 0 Å². The average Bonchev–Trinajstić information content (AvgIpc) is 3.22. The molecule has 4 nitrogen and oxygen atoms in total. The molecular weight excluding hydrogens is 320 g/mol. The average molecular weight is 353 g/mol. The van der Waals surface area contributed by atoms with E-state index in [0.29, 0.717) is 6.04 Å². The van der Waals surface area contributed by atoms with Gasteiger partial charge in [0.25, 0.3) is 0 Å². The molecule has 0 spiro atoms. The van der Waals surface area contributed by atoms with Gasteiger partial charge in [0.1, 0.15) is 5.82 Å². The van der Waals surface area contributed by atoms with Crippen LogP contribution in [0.2, 0.25) is 0 Å². The summed E-state index contributed by atoms with van der Waals surface area (Å²) in [6, 6.07) is 9.71. The molecule has 0 amide bonds. The number of nitrogens with one attached hydrogen (secondary N) is 1. The molecule has 140 valence electrons. The number of fused-ring (bicyclic) bond motifs is 1. The largest absolute Gasteiger partial charge is 0.345 e. The van der Waals surface area contributed by atoms with Crippen LogP contribution in [0.15, 0.2) is 30.5 Å². The first-order valence-corrected chi connectivity index (χ1v) is 10.4. The topological polar surface area (TPSA) is 35.2 Å². The molecule has 4 heteroatoms. The summed E-state index contributed by atoms with van der Waals surface area (Å²) < 4.78 is 0. The number of benzene rings is 1. The van der Waals surface area contributed by atoms with Gasteiger partial charge in [-0.05, 0) is 49.9 Å². The summed E-state index contributed by atoms with van der Waals surface area (Å²) >= 11 is 0. The number of H-pyrrole nitrogens is 1. The van der Waals surface area contributed by atoms with Gasteiger partial charge in [0.2, 0.25) is 0 Å². The first-order valence-electron chi connectivity index (χ1n) is 10.4. The maximum absolute atomic E-state index is 4.55. The Morgan fingerprint density at radius 3 is 2.65 bits per heavy atom. The lowest BCUT2D eigenvalue weighted by molar-refractivity contribution is 0.200. The van der Waals surface area contributed by atoms with E-state index in [2.05, 4.69) is 51.0 Å². The van der Waals surface area contributed by atoms with Crippen molar-refractivity contribution in [2.24, 2.45) is 0 Å². The zero-order chi connectivity index (χ0) is 17.8. The van der Waals surface area contributed by atoms with Crippen LogP contribution in [0.1, 0.15) is 48.8 Å². The highest BCUT2D eigenvalue weighted by molar-refractivity contribution is 5.33. The standard InChI is InChI=1S/C22H32N4/c1-2-3-9-22-23-16-20(24-22)17-25-10-6-11-26(13-12-25)21-14-18-7-4-5-8-19(18)15-21/h4-5,7-8,16,21H,2-3,6,9-15,17H2,1H3,(H,23,24). The highest BCUT2D eigenvalue weighted by Gasteiger charge is 2.27. The van der Waals surface area contributed by atoms with Crippen molar-refractivity contribution in [2.45, 2.75) is 58.0 Å². The molecule has 0 atom stereocenters. The molecular formula is C22H32N4. The van der Waals surface area contributed by atoms with Gasteiger partial charge in [-0.1, -0.05) is 37.6 Å². The molecule has 1 aliphatic carbocycles. The van der Waals surface area contributed by atoms with Crippen molar-refractivity contribution in [3.05, 3.63) is 53.1 Å². The fourth-order valence-electron chi connectivity index (χ4n) is 4.51. The first kappa shape index (κ1) is 17.7. The molecule has 1 fully saturated rings. The molecule has 1 aromatic carbocycles. The SMILES string of the molecule is CCCCc1ncc(CN2CCCN(C3Cc4ccccc4C3)CC2)[nH]1. The van der Waals surface area contributed by atoms with E-state index in [4.69, 9.17) is 0 Å².